The first-order chi connectivity index (χ1) is 8.59. The van der Waals surface area contributed by atoms with E-state index in [1.165, 1.54) is 12.1 Å². The van der Waals surface area contributed by atoms with E-state index in [4.69, 9.17) is 9.84 Å². The van der Waals surface area contributed by atoms with Crippen molar-refractivity contribution in [3.05, 3.63) is 29.6 Å². The molecule has 100 valence electrons. The molecule has 18 heavy (non-hydrogen) atoms. The molecule has 1 aliphatic rings. The largest absolute Gasteiger partial charge is 0.505 e. The van der Waals surface area contributed by atoms with Crippen molar-refractivity contribution in [2.24, 2.45) is 0 Å². The molecule has 0 spiro atoms. The van der Waals surface area contributed by atoms with E-state index in [1.807, 2.05) is 0 Å². The molecule has 1 saturated heterocycles. The van der Waals surface area contributed by atoms with Crippen molar-refractivity contribution in [2.75, 3.05) is 19.8 Å². The quantitative estimate of drug-likeness (QED) is 0.755. The van der Waals surface area contributed by atoms with Crippen LogP contribution < -0.4 is 5.32 Å². The lowest BCUT2D eigenvalue weighted by atomic mass is 9.94. The fourth-order valence-corrected chi connectivity index (χ4v) is 2.03. The summed E-state index contributed by atoms with van der Waals surface area (Å²) in [5.74, 6) is -0.971. The zero-order chi connectivity index (χ0) is 13.0. The van der Waals surface area contributed by atoms with Crippen molar-refractivity contribution in [2.45, 2.75) is 25.0 Å². The maximum atomic E-state index is 13.1. The lowest BCUT2D eigenvalue weighted by Gasteiger charge is -2.32. The molecule has 0 saturated carbocycles. The van der Waals surface area contributed by atoms with Gasteiger partial charge < -0.3 is 20.3 Å². The van der Waals surface area contributed by atoms with Crippen LogP contribution in [0.1, 0.15) is 18.4 Å². The lowest BCUT2D eigenvalue weighted by molar-refractivity contribution is -0.0617. The van der Waals surface area contributed by atoms with Crippen molar-refractivity contribution < 1.29 is 19.3 Å². The molecule has 5 heteroatoms. The third-order valence-electron chi connectivity index (χ3n) is 3.22. The normalized spacial score (nSPS) is 18.8. The minimum atomic E-state index is -0.728. The van der Waals surface area contributed by atoms with E-state index < -0.39 is 11.4 Å². The van der Waals surface area contributed by atoms with E-state index >= 15 is 0 Å². The van der Waals surface area contributed by atoms with Gasteiger partial charge in [-0.1, -0.05) is 6.07 Å². The molecule has 0 atom stereocenters. The van der Waals surface area contributed by atoms with E-state index in [2.05, 4.69) is 5.32 Å². The van der Waals surface area contributed by atoms with E-state index in [0.29, 0.717) is 39.1 Å². The van der Waals surface area contributed by atoms with Crippen molar-refractivity contribution >= 4 is 0 Å². The molecule has 0 aliphatic carbocycles. The van der Waals surface area contributed by atoms with Gasteiger partial charge in [0.15, 0.2) is 11.6 Å². The second kappa shape index (κ2) is 5.65. The van der Waals surface area contributed by atoms with Gasteiger partial charge in [0.1, 0.15) is 0 Å². The van der Waals surface area contributed by atoms with Gasteiger partial charge in [-0.3, -0.25) is 0 Å². The standard InChI is InChI=1S/C13H18FNO3/c14-11-7-10(1-2-12(11)16)8-15-9-13(17)3-5-18-6-4-13/h1-2,7,15-17H,3-6,8-9H2. The van der Waals surface area contributed by atoms with Crippen molar-refractivity contribution in [1.82, 2.24) is 5.32 Å². The zero-order valence-electron chi connectivity index (χ0n) is 10.2. The highest BCUT2D eigenvalue weighted by molar-refractivity contribution is 5.27. The minimum Gasteiger partial charge on any atom is -0.505 e. The summed E-state index contributed by atoms with van der Waals surface area (Å²) in [6.07, 6.45) is 1.23. The molecule has 0 bridgehead atoms. The van der Waals surface area contributed by atoms with Crippen LogP contribution in [0.5, 0.6) is 5.75 Å². The highest BCUT2D eigenvalue weighted by atomic mass is 19.1. The monoisotopic (exact) mass is 255 g/mol. The number of phenolic OH excluding ortho intramolecular Hbond substituents is 1. The smallest absolute Gasteiger partial charge is 0.165 e. The number of phenols is 1. The zero-order valence-corrected chi connectivity index (χ0v) is 10.2. The Balaban J connectivity index is 1.82. The van der Waals surface area contributed by atoms with Gasteiger partial charge in [-0.25, -0.2) is 4.39 Å². The molecule has 4 nitrogen and oxygen atoms in total. The number of aromatic hydroxyl groups is 1. The molecule has 1 heterocycles. The first-order valence-electron chi connectivity index (χ1n) is 6.07. The second-order valence-electron chi connectivity index (χ2n) is 4.73. The van der Waals surface area contributed by atoms with E-state index in [1.54, 1.807) is 6.07 Å². The molecular weight excluding hydrogens is 237 g/mol. The predicted molar refractivity (Wildman–Crippen MR) is 64.8 cm³/mol. The summed E-state index contributed by atoms with van der Waals surface area (Å²) in [7, 11) is 0. The fraction of sp³-hybridized carbons (Fsp3) is 0.538. The first kappa shape index (κ1) is 13.3. The van der Waals surface area contributed by atoms with Gasteiger partial charge >= 0.3 is 0 Å². The predicted octanol–water partition coefficient (Wildman–Crippen LogP) is 1.16. The number of aliphatic hydroxyl groups is 1. The van der Waals surface area contributed by atoms with Gasteiger partial charge in [-0.05, 0) is 17.7 Å². The van der Waals surface area contributed by atoms with Crippen LogP contribution in [0.4, 0.5) is 4.39 Å². The highest BCUT2D eigenvalue weighted by Crippen LogP contribution is 2.20. The molecule has 1 aliphatic heterocycles. The summed E-state index contributed by atoms with van der Waals surface area (Å²) in [4.78, 5) is 0. The summed E-state index contributed by atoms with van der Waals surface area (Å²) in [6.45, 7) is 2.07. The number of rotatable bonds is 4. The molecule has 0 unspecified atom stereocenters. The summed E-state index contributed by atoms with van der Waals surface area (Å²) in [5.41, 5.74) is 0.00854. The van der Waals surface area contributed by atoms with Crippen LogP contribution in [0.25, 0.3) is 0 Å². The maximum Gasteiger partial charge on any atom is 0.165 e. The molecule has 1 aromatic carbocycles. The third-order valence-corrected chi connectivity index (χ3v) is 3.22. The van der Waals surface area contributed by atoms with Crippen LogP contribution in [0, 0.1) is 5.82 Å². The Labute approximate surface area is 105 Å². The fourth-order valence-electron chi connectivity index (χ4n) is 2.03. The van der Waals surface area contributed by atoms with Crippen molar-refractivity contribution in [3.8, 4) is 5.75 Å². The Bertz CT molecular complexity index is 405. The molecule has 2 rings (SSSR count). The third kappa shape index (κ3) is 3.41. The van der Waals surface area contributed by atoms with Crippen molar-refractivity contribution in [3.63, 3.8) is 0 Å². The highest BCUT2D eigenvalue weighted by Gasteiger charge is 2.28. The number of hydrogen-bond donors (Lipinski definition) is 3. The van der Waals surface area contributed by atoms with Gasteiger partial charge in [0, 0.05) is 39.1 Å². The van der Waals surface area contributed by atoms with Crippen LogP contribution in [-0.2, 0) is 11.3 Å². The number of ether oxygens (including phenoxy) is 1. The van der Waals surface area contributed by atoms with Crippen LogP contribution in [-0.4, -0.2) is 35.6 Å². The van der Waals surface area contributed by atoms with Gasteiger partial charge in [0.2, 0.25) is 0 Å². The first-order valence-corrected chi connectivity index (χ1v) is 6.07. The van der Waals surface area contributed by atoms with Crippen LogP contribution in [0.3, 0.4) is 0 Å². The van der Waals surface area contributed by atoms with E-state index in [9.17, 15) is 9.50 Å². The van der Waals surface area contributed by atoms with E-state index in [0.717, 1.165) is 5.56 Å². The van der Waals surface area contributed by atoms with Crippen LogP contribution in [0.2, 0.25) is 0 Å². The van der Waals surface area contributed by atoms with Gasteiger partial charge in [0.05, 0.1) is 5.60 Å². The Morgan fingerprint density at radius 2 is 2.06 bits per heavy atom. The Morgan fingerprint density at radius 3 is 2.72 bits per heavy atom. The number of nitrogens with one attached hydrogen (secondary N) is 1. The maximum absolute atomic E-state index is 13.1. The number of halogens is 1. The Morgan fingerprint density at radius 1 is 1.33 bits per heavy atom. The van der Waals surface area contributed by atoms with Crippen LogP contribution in [0.15, 0.2) is 18.2 Å². The summed E-state index contributed by atoms with van der Waals surface area (Å²) in [5, 5.41) is 22.4. The molecule has 0 amide bonds. The number of hydrogen-bond acceptors (Lipinski definition) is 4. The molecule has 0 radical (unpaired) electrons. The van der Waals surface area contributed by atoms with Gasteiger partial charge in [0.25, 0.3) is 0 Å². The molecular formula is C13H18FNO3. The molecule has 1 fully saturated rings. The summed E-state index contributed by atoms with van der Waals surface area (Å²) >= 11 is 0. The summed E-state index contributed by atoms with van der Waals surface area (Å²) in [6, 6.07) is 4.27. The topological polar surface area (TPSA) is 61.7 Å². The Kier molecular flexibility index (Phi) is 4.16. The van der Waals surface area contributed by atoms with Gasteiger partial charge in [-0.15, -0.1) is 0 Å². The van der Waals surface area contributed by atoms with Crippen molar-refractivity contribution in [1.29, 1.82) is 0 Å². The lowest BCUT2D eigenvalue weighted by Crippen LogP contribution is -2.44. The SMILES string of the molecule is Oc1ccc(CNCC2(O)CCOCC2)cc1F. The minimum absolute atomic E-state index is 0.346. The second-order valence-corrected chi connectivity index (χ2v) is 4.73. The molecule has 0 aromatic heterocycles. The average Bonchev–Trinajstić information content (AvgIpc) is 2.34. The van der Waals surface area contributed by atoms with Gasteiger partial charge in [-0.2, -0.15) is 0 Å². The van der Waals surface area contributed by atoms with E-state index in [-0.39, 0.29) is 5.75 Å². The molecule has 1 aromatic rings. The Hall–Kier alpha value is -1.17. The molecule has 3 N–H and O–H groups in total. The average molecular weight is 255 g/mol. The number of benzene rings is 1. The summed E-state index contributed by atoms with van der Waals surface area (Å²) < 4.78 is 18.3. The van der Waals surface area contributed by atoms with Crippen LogP contribution >= 0.6 is 0 Å².